The van der Waals surface area contributed by atoms with Crippen LogP contribution in [0.25, 0.3) is 0 Å². The van der Waals surface area contributed by atoms with Crippen molar-refractivity contribution in [3.8, 4) is 0 Å². The van der Waals surface area contributed by atoms with Crippen LogP contribution in [0.5, 0.6) is 0 Å². The molecule has 0 aliphatic carbocycles. The summed E-state index contributed by atoms with van der Waals surface area (Å²) in [5.74, 6) is -1.19. The van der Waals surface area contributed by atoms with Crippen LogP contribution in [0.15, 0.2) is 25.3 Å². The van der Waals surface area contributed by atoms with Gasteiger partial charge < -0.3 is 19.8 Å². The molecule has 3 amide bonds. The number of aliphatic hydroxyl groups excluding tert-OH is 1. The van der Waals surface area contributed by atoms with Gasteiger partial charge >= 0.3 is 0 Å². The number of hydrogen-bond donors (Lipinski definition) is 1. The van der Waals surface area contributed by atoms with Crippen LogP contribution >= 0.6 is 11.8 Å². The average molecular weight is 506 g/mol. The van der Waals surface area contributed by atoms with Gasteiger partial charge in [0, 0.05) is 30.9 Å². The van der Waals surface area contributed by atoms with E-state index < -0.39 is 28.7 Å². The number of rotatable bonds is 12. The smallest absolute Gasteiger partial charge is 0.247 e. The molecule has 7 atom stereocenters. The van der Waals surface area contributed by atoms with Crippen molar-refractivity contribution in [2.24, 2.45) is 17.8 Å². The molecule has 0 saturated carbocycles. The first-order valence-corrected chi connectivity index (χ1v) is 14.0. The largest absolute Gasteiger partial charge is 0.394 e. The zero-order valence-corrected chi connectivity index (χ0v) is 22.8. The van der Waals surface area contributed by atoms with Gasteiger partial charge in [-0.15, -0.1) is 24.9 Å². The van der Waals surface area contributed by atoms with Gasteiger partial charge in [-0.25, -0.2) is 0 Å². The summed E-state index contributed by atoms with van der Waals surface area (Å²) in [5, 5.41) is 10.2. The van der Waals surface area contributed by atoms with Gasteiger partial charge in [0.15, 0.2) is 0 Å². The van der Waals surface area contributed by atoms with Gasteiger partial charge in [-0.2, -0.15) is 0 Å². The number of carbonyl (C=O) groups is 3. The molecule has 7 nitrogen and oxygen atoms in total. The molecule has 0 aromatic rings. The van der Waals surface area contributed by atoms with E-state index in [1.54, 1.807) is 33.7 Å². The Labute approximate surface area is 215 Å². The topological polar surface area (TPSA) is 81.2 Å². The van der Waals surface area contributed by atoms with Gasteiger partial charge in [-0.1, -0.05) is 32.9 Å². The number of hydrogen-bond acceptors (Lipinski definition) is 5. The maximum atomic E-state index is 14.2. The van der Waals surface area contributed by atoms with Crippen LogP contribution in [0.3, 0.4) is 0 Å². The molecule has 1 spiro atoms. The van der Waals surface area contributed by atoms with Crippen LogP contribution in [-0.4, -0.2) is 91.9 Å². The Balaban J connectivity index is 2.14. The maximum absolute atomic E-state index is 14.2. The minimum absolute atomic E-state index is 0.00622. The quantitative estimate of drug-likeness (QED) is 0.413. The van der Waals surface area contributed by atoms with Crippen molar-refractivity contribution in [1.29, 1.82) is 0 Å². The Morgan fingerprint density at radius 3 is 2.40 bits per heavy atom. The zero-order valence-electron chi connectivity index (χ0n) is 22.0. The van der Waals surface area contributed by atoms with Crippen LogP contribution in [0, 0.1) is 17.8 Å². The number of aliphatic hydroxyl groups is 1. The van der Waals surface area contributed by atoms with E-state index in [0.717, 1.165) is 12.8 Å². The summed E-state index contributed by atoms with van der Waals surface area (Å²) in [7, 11) is 0. The standard InChI is InChI=1S/C27H43N3O4S/c1-8-12-28(13-9-2)24(32)21-20-15-18(7)27(35-20)22(21)25(33)30(19(11-4)16-31)23(27)26(34)29(14-10-3)17(5)6/h8,10,17-23,31H,1,3,9,11-16H2,2,4-7H3/t18?,19-,20+,21-,22-,23?,27?/m0/s1. The van der Waals surface area contributed by atoms with E-state index >= 15 is 0 Å². The van der Waals surface area contributed by atoms with Gasteiger partial charge in [-0.3, -0.25) is 14.4 Å². The highest BCUT2D eigenvalue weighted by atomic mass is 32.2. The lowest BCUT2D eigenvalue weighted by Gasteiger charge is -2.43. The van der Waals surface area contributed by atoms with E-state index in [2.05, 4.69) is 20.1 Å². The fourth-order valence-electron chi connectivity index (χ4n) is 6.61. The predicted molar refractivity (Wildman–Crippen MR) is 141 cm³/mol. The first-order chi connectivity index (χ1) is 16.7. The van der Waals surface area contributed by atoms with Gasteiger partial charge in [0.25, 0.3) is 0 Å². The highest BCUT2D eigenvalue weighted by Crippen LogP contribution is 2.69. The summed E-state index contributed by atoms with van der Waals surface area (Å²) in [6.07, 6.45) is 5.61. The van der Waals surface area contributed by atoms with Gasteiger partial charge in [-0.05, 0) is 39.0 Å². The van der Waals surface area contributed by atoms with Gasteiger partial charge in [0.2, 0.25) is 17.7 Å². The lowest BCUT2D eigenvalue weighted by Crippen LogP contribution is -2.60. The Morgan fingerprint density at radius 1 is 1.23 bits per heavy atom. The van der Waals surface area contributed by atoms with E-state index in [-0.39, 0.29) is 41.5 Å². The van der Waals surface area contributed by atoms with Crippen LogP contribution in [0.2, 0.25) is 0 Å². The Kier molecular flexibility index (Phi) is 8.79. The molecular weight excluding hydrogens is 462 g/mol. The fourth-order valence-corrected chi connectivity index (χ4v) is 9.00. The Hall–Kier alpha value is -1.80. The maximum Gasteiger partial charge on any atom is 0.247 e. The van der Waals surface area contributed by atoms with Crippen LogP contribution in [0.4, 0.5) is 0 Å². The lowest BCUT2D eigenvalue weighted by molar-refractivity contribution is -0.147. The van der Waals surface area contributed by atoms with Gasteiger partial charge in [0.05, 0.1) is 29.2 Å². The van der Waals surface area contributed by atoms with Crippen molar-refractivity contribution < 1.29 is 19.5 Å². The fraction of sp³-hybridized carbons (Fsp3) is 0.741. The second-order valence-corrected chi connectivity index (χ2v) is 12.0. The zero-order chi connectivity index (χ0) is 26.1. The van der Waals surface area contributed by atoms with Crippen molar-refractivity contribution in [2.75, 3.05) is 26.2 Å². The molecule has 0 aromatic carbocycles. The van der Waals surface area contributed by atoms with Crippen LogP contribution in [0.1, 0.15) is 53.9 Å². The summed E-state index contributed by atoms with van der Waals surface area (Å²) in [6.45, 7) is 18.9. The van der Waals surface area contributed by atoms with Crippen molar-refractivity contribution in [3.63, 3.8) is 0 Å². The van der Waals surface area contributed by atoms with E-state index in [1.807, 2.05) is 32.6 Å². The van der Waals surface area contributed by atoms with Crippen molar-refractivity contribution in [2.45, 2.75) is 82.0 Å². The molecular formula is C27H43N3O4S. The molecule has 0 aromatic heterocycles. The second kappa shape index (κ2) is 11.1. The molecule has 3 rings (SSSR count). The minimum atomic E-state index is -0.707. The number of nitrogens with zero attached hydrogens (tertiary/aromatic N) is 3. The van der Waals surface area contributed by atoms with Gasteiger partial charge in [0.1, 0.15) is 6.04 Å². The summed E-state index contributed by atoms with van der Waals surface area (Å²) < 4.78 is -0.678. The lowest BCUT2D eigenvalue weighted by atomic mass is 9.65. The van der Waals surface area contributed by atoms with E-state index in [4.69, 9.17) is 0 Å². The molecule has 1 N–H and O–H groups in total. The van der Waals surface area contributed by atoms with E-state index in [1.165, 1.54) is 0 Å². The number of thioether (sulfide) groups is 1. The average Bonchev–Trinajstić information content (AvgIpc) is 3.41. The summed E-state index contributed by atoms with van der Waals surface area (Å²) in [6, 6.07) is -1.23. The highest BCUT2D eigenvalue weighted by molar-refractivity contribution is 8.02. The molecule has 35 heavy (non-hydrogen) atoms. The molecule has 3 fully saturated rings. The second-order valence-electron chi connectivity index (χ2n) is 10.5. The van der Waals surface area contributed by atoms with Crippen molar-refractivity contribution >= 4 is 29.5 Å². The molecule has 2 bridgehead atoms. The highest BCUT2D eigenvalue weighted by Gasteiger charge is 2.76. The van der Waals surface area contributed by atoms with E-state index in [9.17, 15) is 19.5 Å². The summed E-state index contributed by atoms with van der Waals surface area (Å²) in [5.41, 5.74) is 0. The molecule has 3 saturated heterocycles. The number of carbonyl (C=O) groups excluding carboxylic acids is 3. The third kappa shape index (κ3) is 4.35. The molecule has 3 heterocycles. The first kappa shape index (κ1) is 27.8. The Morgan fingerprint density at radius 2 is 1.89 bits per heavy atom. The summed E-state index contributed by atoms with van der Waals surface area (Å²) in [4.78, 5) is 47.6. The van der Waals surface area contributed by atoms with Crippen molar-refractivity contribution in [3.05, 3.63) is 25.3 Å². The number of amides is 3. The normalized spacial score (nSPS) is 32.0. The molecule has 3 unspecified atom stereocenters. The molecule has 0 radical (unpaired) electrons. The molecule has 3 aliphatic rings. The number of fused-ring (bicyclic) bond motifs is 1. The molecule has 3 aliphatic heterocycles. The third-order valence-corrected chi connectivity index (χ3v) is 10.2. The third-order valence-electron chi connectivity index (χ3n) is 8.16. The minimum Gasteiger partial charge on any atom is -0.394 e. The monoisotopic (exact) mass is 505 g/mol. The SMILES string of the molecule is C=CCN(CCC)C(=O)[C@@H]1[C@H]2C(=O)N([C@@H](CC)CO)C(C(=O)N(CC=C)C(C)C)C23S[C@@H]1CC3C. The summed E-state index contributed by atoms with van der Waals surface area (Å²) >= 11 is 1.69. The number of likely N-dealkylation sites (tertiary alicyclic amines) is 1. The van der Waals surface area contributed by atoms with Crippen LogP contribution < -0.4 is 0 Å². The molecule has 8 heteroatoms. The van der Waals surface area contributed by atoms with E-state index in [0.29, 0.717) is 26.1 Å². The Bertz CT molecular complexity index is 844. The van der Waals surface area contributed by atoms with Crippen LogP contribution in [-0.2, 0) is 14.4 Å². The first-order valence-electron chi connectivity index (χ1n) is 13.1. The predicted octanol–water partition coefficient (Wildman–Crippen LogP) is 2.94. The van der Waals surface area contributed by atoms with Crippen molar-refractivity contribution in [1.82, 2.24) is 14.7 Å². The molecule has 196 valence electrons.